The lowest BCUT2D eigenvalue weighted by Crippen LogP contribution is -2.55. The maximum atomic E-state index is 14.5. The molecule has 5 rings (SSSR count). The number of aryl methyl sites for hydroxylation is 1. The summed E-state index contributed by atoms with van der Waals surface area (Å²) in [6, 6.07) is 22.7. The van der Waals surface area contributed by atoms with Gasteiger partial charge in [-0.3, -0.25) is 14.4 Å². The molecule has 1 N–H and O–H groups in total. The Labute approximate surface area is 240 Å². The van der Waals surface area contributed by atoms with Crippen molar-refractivity contribution in [3.05, 3.63) is 106 Å². The van der Waals surface area contributed by atoms with E-state index in [9.17, 15) is 14.4 Å². The number of carbonyl (C=O) groups excluding carboxylic acids is 3. The largest absolute Gasteiger partial charge is 0.375 e. The monoisotopic (exact) mass is 559 g/mol. The van der Waals surface area contributed by atoms with Gasteiger partial charge in [0.05, 0.1) is 12.0 Å². The molecule has 0 radical (unpaired) electrons. The normalized spacial score (nSPS) is 22.8. The molecule has 0 aromatic heterocycles. The van der Waals surface area contributed by atoms with Crippen LogP contribution in [0, 0.1) is 12.8 Å². The number of benzene rings is 3. The van der Waals surface area contributed by atoms with E-state index in [1.807, 2.05) is 61.5 Å². The lowest BCUT2D eigenvalue weighted by molar-refractivity contribution is -0.148. The van der Waals surface area contributed by atoms with Crippen LogP contribution in [0.2, 0.25) is 5.02 Å². The van der Waals surface area contributed by atoms with E-state index in [-0.39, 0.29) is 24.2 Å². The molecule has 2 saturated heterocycles. The summed E-state index contributed by atoms with van der Waals surface area (Å²) in [6.45, 7) is 4.19. The van der Waals surface area contributed by atoms with E-state index in [0.717, 1.165) is 16.7 Å². The molecule has 8 heteroatoms. The van der Waals surface area contributed by atoms with Gasteiger partial charge in [-0.2, -0.15) is 0 Å². The van der Waals surface area contributed by atoms with Crippen LogP contribution in [0.4, 0.5) is 0 Å². The Balaban J connectivity index is 1.74. The number of hydrogen-bond donors (Lipinski definition) is 1. The number of halogens is 1. The Morgan fingerprint density at radius 3 is 2.15 bits per heavy atom. The predicted octanol–water partition coefficient (Wildman–Crippen LogP) is 4.26. The van der Waals surface area contributed by atoms with E-state index < -0.39 is 23.9 Å². The number of rotatable bonds is 7. The van der Waals surface area contributed by atoms with Crippen LogP contribution < -0.4 is 5.32 Å². The highest BCUT2D eigenvalue weighted by Gasteiger charge is 2.58. The third-order valence-electron chi connectivity index (χ3n) is 7.94. The Hall–Kier alpha value is -3.52. The maximum Gasteiger partial charge on any atom is 0.249 e. The topological polar surface area (TPSA) is 79.0 Å². The summed E-state index contributed by atoms with van der Waals surface area (Å²) < 4.78 is 5.30. The minimum Gasteiger partial charge on any atom is -0.375 e. The van der Waals surface area contributed by atoms with Gasteiger partial charge in [0.2, 0.25) is 11.8 Å². The number of methoxy groups -OCH3 is 1. The smallest absolute Gasteiger partial charge is 0.249 e. The van der Waals surface area contributed by atoms with Crippen molar-refractivity contribution in [3.8, 4) is 0 Å². The molecule has 2 aliphatic rings. The molecular formula is C32H34ClN3O4. The van der Waals surface area contributed by atoms with Gasteiger partial charge in [0.1, 0.15) is 12.6 Å². The first-order chi connectivity index (χ1) is 19.4. The van der Waals surface area contributed by atoms with Crippen molar-refractivity contribution in [2.45, 2.75) is 24.9 Å². The molecule has 0 bridgehead atoms. The molecule has 2 amide bonds. The van der Waals surface area contributed by atoms with Gasteiger partial charge < -0.3 is 19.9 Å². The zero-order valence-corrected chi connectivity index (χ0v) is 23.5. The highest BCUT2D eigenvalue weighted by Crippen LogP contribution is 2.52. The van der Waals surface area contributed by atoms with E-state index >= 15 is 0 Å². The van der Waals surface area contributed by atoms with Crippen molar-refractivity contribution in [2.24, 2.45) is 5.92 Å². The van der Waals surface area contributed by atoms with Crippen molar-refractivity contribution in [3.63, 3.8) is 0 Å². The summed E-state index contributed by atoms with van der Waals surface area (Å²) in [5, 5.41) is 3.84. The average Bonchev–Trinajstić information content (AvgIpc) is 3.34. The fourth-order valence-corrected chi connectivity index (χ4v) is 6.20. The quantitative estimate of drug-likeness (QED) is 0.438. The zero-order chi connectivity index (χ0) is 28.2. The maximum absolute atomic E-state index is 14.5. The van der Waals surface area contributed by atoms with Crippen LogP contribution in [0.3, 0.4) is 0 Å². The minimum atomic E-state index is -0.897. The fraction of sp³-hybridized carbons (Fsp3) is 0.344. The lowest BCUT2D eigenvalue weighted by atomic mass is 9.76. The van der Waals surface area contributed by atoms with Crippen molar-refractivity contribution in [2.75, 3.05) is 39.9 Å². The van der Waals surface area contributed by atoms with Gasteiger partial charge in [0, 0.05) is 49.8 Å². The van der Waals surface area contributed by atoms with E-state index in [1.165, 1.54) is 7.11 Å². The van der Waals surface area contributed by atoms with Gasteiger partial charge in [-0.05, 0) is 30.2 Å². The molecule has 2 aliphatic heterocycles. The summed E-state index contributed by atoms with van der Waals surface area (Å²) in [6.07, 6.45) is 0. The van der Waals surface area contributed by atoms with Crippen LogP contribution in [0.15, 0.2) is 78.9 Å². The predicted molar refractivity (Wildman–Crippen MR) is 154 cm³/mol. The van der Waals surface area contributed by atoms with Crippen LogP contribution >= 0.6 is 11.6 Å². The standard InChI is InChI=1S/C32H34ClN3O4/c1-21-8-10-23(11-9-21)29-28(31(38)24-6-4-3-5-7-24)27(22-12-14-25(33)15-13-22)30(36(29)26(37)20-40-2)32(39)35-18-16-34-17-19-35/h3-15,27-30,34H,16-20H2,1-2H3. The number of likely N-dealkylation sites (tertiary alicyclic amines) is 1. The number of hydrogen-bond acceptors (Lipinski definition) is 5. The number of carbonyl (C=O) groups is 3. The Kier molecular flexibility index (Phi) is 8.64. The van der Waals surface area contributed by atoms with Gasteiger partial charge in [0.25, 0.3) is 0 Å². The van der Waals surface area contributed by atoms with E-state index in [4.69, 9.17) is 16.3 Å². The molecule has 208 valence electrons. The summed E-state index contributed by atoms with van der Waals surface area (Å²) in [5.41, 5.74) is 3.19. The molecule has 4 atom stereocenters. The summed E-state index contributed by atoms with van der Waals surface area (Å²) in [4.78, 5) is 46.3. The lowest BCUT2D eigenvalue weighted by Gasteiger charge is -2.36. The number of ether oxygens (including phenoxy) is 1. The van der Waals surface area contributed by atoms with Gasteiger partial charge in [0.15, 0.2) is 5.78 Å². The molecular weight excluding hydrogens is 526 g/mol. The van der Waals surface area contributed by atoms with Crippen LogP contribution in [0.1, 0.15) is 39.0 Å². The SMILES string of the molecule is COCC(=O)N1C(C(=O)N2CCNCC2)C(c2ccc(Cl)cc2)C(C(=O)c2ccccc2)C1c1ccc(C)cc1. The van der Waals surface area contributed by atoms with E-state index in [0.29, 0.717) is 36.8 Å². The van der Waals surface area contributed by atoms with Crippen LogP contribution in [0.25, 0.3) is 0 Å². The van der Waals surface area contributed by atoms with Crippen molar-refractivity contribution < 1.29 is 19.1 Å². The average molecular weight is 560 g/mol. The second-order valence-corrected chi connectivity index (χ2v) is 10.9. The first-order valence-electron chi connectivity index (χ1n) is 13.6. The van der Waals surface area contributed by atoms with Gasteiger partial charge in [-0.15, -0.1) is 0 Å². The highest BCUT2D eigenvalue weighted by atomic mass is 35.5. The molecule has 3 aromatic rings. The van der Waals surface area contributed by atoms with Crippen LogP contribution in [-0.4, -0.2) is 73.3 Å². The number of amides is 2. The van der Waals surface area contributed by atoms with E-state index in [1.54, 1.807) is 34.1 Å². The fourth-order valence-electron chi connectivity index (χ4n) is 6.07. The van der Waals surface area contributed by atoms with Crippen molar-refractivity contribution in [1.29, 1.82) is 0 Å². The molecule has 0 saturated carbocycles. The number of piperazine rings is 1. The van der Waals surface area contributed by atoms with Crippen LogP contribution in [0.5, 0.6) is 0 Å². The first-order valence-corrected chi connectivity index (χ1v) is 14.0. The minimum absolute atomic E-state index is 0.114. The summed E-state index contributed by atoms with van der Waals surface area (Å²) >= 11 is 6.26. The van der Waals surface area contributed by atoms with E-state index in [2.05, 4.69) is 5.32 Å². The third-order valence-corrected chi connectivity index (χ3v) is 8.19. The Morgan fingerprint density at radius 1 is 0.900 bits per heavy atom. The Morgan fingerprint density at radius 2 is 1.52 bits per heavy atom. The third kappa shape index (κ3) is 5.55. The summed E-state index contributed by atoms with van der Waals surface area (Å²) in [7, 11) is 1.46. The number of ketones is 1. The van der Waals surface area contributed by atoms with Gasteiger partial charge >= 0.3 is 0 Å². The second kappa shape index (κ2) is 12.3. The van der Waals surface area contributed by atoms with Crippen molar-refractivity contribution in [1.82, 2.24) is 15.1 Å². The molecule has 0 aliphatic carbocycles. The second-order valence-electron chi connectivity index (χ2n) is 10.4. The number of nitrogens with one attached hydrogen (secondary N) is 1. The molecule has 40 heavy (non-hydrogen) atoms. The molecule has 2 fully saturated rings. The van der Waals surface area contributed by atoms with Gasteiger partial charge in [-0.1, -0.05) is 83.9 Å². The molecule has 4 unspecified atom stereocenters. The zero-order valence-electron chi connectivity index (χ0n) is 22.8. The van der Waals surface area contributed by atoms with Crippen molar-refractivity contribution >= 4 is 29.2 Å². The molecule has 3 aromatic carbocycles. The molecule has 2 heterocycles. The Bertz CT molecular complexity index is 1340. The molecule has 7 nitrogen and oxygen atoms in total. The summed E-state index contributed by atoms with van der Waals surface area (Å²) in [5.74, 6) is -1.92. The first kappa shape index (κ1) is 28.0. The highest BCUT2D eigenvalue weighted by molar-refractivity contribution is 6.30. The number of nitrogens with zero attached hydrogens (tertiary/aromatic N) is 2. The van der Waals surface area contributed by atoms with Gasteiger partial charge in [-0.25, -0.2) is 0 Å². The molecule has 0 spiro atoms. The van der Waals surface area contributed by atoms with Crippen LogP contribution in [-0.2, 0) is 14.3 Å². The number of Topliss-reactive ketones (excluding diaryl/α,β-unsaturated/α-hetero) is 1.